The van der Waals surface area contributed by atoms with Crippen LogP contribution in [-0.2, 0) is 0 Å². The molecule has 1 aliphatic carbocycles. The lowest BCUT2D eigenvalue weighted by Gasteiger charge is -2.15. The lowest BCUT2D eigenvalue weighted by molar-refractivity contribution is 0.0941. The predicted molar refractivity (Wildman–Crippen MR) is 73.1 cm³/mol. The molecule has 1 aliphatic rings. The average molecular weight is 264 g/mol. The summed E-state index contributed by atoms with van der Waals surface area (Å²) < 4.78 is 5.05. The van der Waals surface area contributed by atoms with E-state index in [2.05, 4.69) is 5.32 Å². The smallest absolute Gasteiger partial charge is 0.251 e. The predicted octanol–water partition coefficient (Wildman–Crippen LogP) is 1.17. The highest BCUT2D eigenvalue weighted by Gasteiger charge is 2.41. The quantitative estimate of drug-likeness (QED) is 0.673. The largest absolute Gasteiger partial charge is 0.495 e. The Hall–Kier alpha value is -1.75. The first-order chi connectivity index (χ1) is 9.10. The molecule has 0 heterocycles. The van der Waals surface area contributed by atoms with Gasteiger partial charge >= 0.3 is 0 Å². The average Bonchev–Trinajstić information content (AvgIpc) is 3.16. The zero-order valence-corrected chi connectivity index (χ0v) is 11.1. The number of hydrogen-bond acceptors (Lipinski definition) is 4. The van der Waals surface area contributed by atoms with Gasteiger partial charge in [0.1, 0.15) is 5.75 Å². The third-order valence-corrected chi connectivity index (χ3v) is 3.72. The number of rotatable bonds is 6. The van der Waals surface area contributed by atoms with Crippen molar-refractivity contribution in [1.82, 2.24) is 5.32 Å². The zero-order chi connectivity index (χ0) is 13.9. The van der Waals surface area contributed by atoms with Gasteiger partial charge in [0.15, 0.2) is 0 Å². The topological polar surface area (TPSA) is 84.6 Å². The van der Waals surface area contributed by atoms with Crippen LogP contribution >= 0.6 is 0 Å². The van der Waals surface area contributed by atoms with Gasteiger partial charge in [0.25, 0.3) is 5.91 Å². The van der Waals surface area contributed by atoms with Crippen molar-refractivity contribution >= 4 is 11.6 Å². The summed E-state index contributed by atoms with van der Waals surface area (Å²) in [6.07, 6.45) is 2.88. The maximum atomic E-state index is 12.0. The summed E-state index contributed by atoms with van der Waals surface area (Å²) in [5, 5.41) is 11.9. The first-order valence-corrected chi connectivity index (χ1v) is 6.43. The molecule has 0 bridgehead atoms. The van der Waals surface area contributed by atoms with Crippen molar-refractivity contribution in [2.45, 2.75) is 19.3 Å². The zero-order valence-electron chi connectivity index (χ0n) is 11.1. The number of nitrogens with one attached hydrogen (secondary N) is 1. The molecule has 1 aromatic carbocycles. The van der Waals surface area contributed by atoms with Crippen molar-refractivity contribution in [2.75, 3.05) is 26.0 Å². The highest BCUT2D eigenvalue weighted by molar-refractivity contribution is 5.95. The van der Waals surface area contributed by atoms with Gasteiger partial charge in [-0.05, 0) is 42.9 Å². The molecule has 0 aromatic heterocycles. The standard InChI is InChI=1S/C14H20N2O3/c1-19-12-3-2-10(8-11(12)15)13(18)16-9-14(4-5-14)6-7-17/h2-3,8,17H,4-7,9,15H2,1H3,(H,16,18). The van der Waals surface area contributed by atoms with Crippen LogP contribution in [0.15, 0.2) is 18.2 Å². The molecule has 1 fully saturated rings. The molecule has 5 heteroatoms. The third-order valence-electron chi connectivity index (χ3n) is 3.72. The minimum atomic E-state index is -0.140. The Balaban J connectivity index is 1.95. The number of nitrogens with two attached hydrogens (primary N) is 1. The van der Waals surface area contributed by atoms with Crippen LogP contribution in [0.2, 0.25) is 0 Å². The van der Waals surface area contributed by atoms with Crippen molar-refractivity contribution < 1.29 is 14.6 Å². The molecular weight excluding hydrogens is 244 g/mol. The Bertz CT molecular complexity index is 470. The number of amides is 1. The fourth-order valence-corrected chi connectivity index (χ4v) is 2.17. The van der Waals surface area contributed by atoms with Gasteiger partial charge in [0.05, 0.1) is 12.8 Å². The maximum absolute atomic E-state index is 12.0. The molecule has 0 saturated heterocycles. The number of carbonyl (C=O) groups excluding carboxylic acids is 1. The van der Waals surface area contributed by atoms with Crippen LogP contribution in [0.5, 0.6) is 5.75 Å². The van der Waals surface area contributed by atoms with Gasteiger partial charge in [-0.25, -0.2) is 0 Å². The number of ether oxygens (including phenoxy) is 1. The molecule has 0 atom stereocenters. The molecule has 2 rings (SSSR count). The van der Waals surface area contributed by atoms with Crippen molar-refractivity contribution in [3.63, 3.8) is 0 Å². The van der Waals surface area contributed by atoms with Crippen LogP contribution in [0.1, 0.15) is 29.6 Å². The number of carbonyl (C=O) groups is 1. The van der Waals surface area contributed by atoms with Crippen LogP contribution in [-0.4, -0.2) is 31.3 Å². The van der Waals surface area contributed by atoms with Gasteiger partial charge in [-0.15, -0.1) is 0 Å². The van der Waals surface area contributed by atoms with E-state index in [1.165, 1.54) is 7.11 Å². The van der Waals surface area contributed by atoms with E-state index in [-0.39, 0.29) is 17.9 Å². The summed E-state index contributed by atoms with van der Waals surface area (Å²) in [6.45, 7) is 0.781. The third kappa shape index (κ3) is 3.17. The first kappa shape index (κ1) is 13.7. The monoisotopic (exact) mass is 264 g/mol. The Labute approximate surface area is 112 Å². The van der Waals surface area contributed by atoms with Crippen LogP contribution in [0.4, 0.5) is 5.69 Å². The molecule has 104 valence electrons. The highest BCUT2D eigenvalue weighted by atomic mass is 16.5. The Morgan fingerprint density at radius 3 is 2.79 bits per heavy atom. The van der Waals surface area contributed by atoms with E-state index < -0.39 is 0 Å². The molecule has 0 radical (unpaired) electrons. The molecule has 1 saturated carbocycles. The van der Waals surface area contributed by atoms with E-state index in [1.54, 1.807) is 18.2 Å². The number of anilines is 1. The Kier molecular flexibility index (Phi) is 3.95. The second-order valence-electron chi connectivity index (χ2n) is 5.11. The molecular formula is C14H20N2O3. The van der Waals surface area contributed by atoms with E-state index in [0.717, 1.165) is 19.3 Å². The van der Waals surface area contributed by atoms with Crippen molar-refractivity contribution in [2.24, 2.45) is 5.41 Å². The van der Waals surface area contributed by atoms with Gasteiger partial charge in [-0.1, -0.05) is 0 Å². The summed E-state index contributed by atoms with van der Waals surface area (Å²) in [6, 6.07) is 4.99. The van der Waals surface area contributed by atoms with E-state index in [9.17, 15) is 4.79 Å². The van der Waals surface area contributed by atoms with Crippen LogP contribution < -0.4 is 15.8 Å². The molecule has 19 heavy (non-hydrogen) atoms. The first-order valence-electron chi connectivity index (χ1n) is 6.43. The number of methoxy groups -OCH3 is 1. The van der Waals surface area contributed by atoms with Crippen molar-refractivity contribution in [3.05, 3.63) is 23.8 Å². The summed E-state index contributed by atoms with van der Waals surface area (Å²) >= 11 is 0. The summed E-state index contributed by atoms with van der Waals surface area (Å²) in [4.78, 5) is 12.0. The maximum Gasteiger partial charge on any atom is 0.251 e. The number of hydrogen-bond donors (Lipinski definition) is 3. The molecule has 1 aromatic rings. The second kappa shape index (κ2) is 5.48. The van der Waals surface area contributed by atoms with Gasteiger partial charge in [0.2, 0.25) is 0 Å². The molecule has 0 unspecified atom stereocenters. The van der Waals surface area contributed by atoms with Crippen LogP contribution in [0, 0.1) is 5.41 Å². The number of aliphatic hydroxyl groups is 1. The molecule has 5 nitrogen and oxygen atoms in total. The highest BCUT2D eigenvalue weighted by Crippen LogP contribution is 2.47. The fourth-order valence-electron chi connectivity index (χ4n) is 2.17. The summed E-state index contributed by atoms with van der Waals surface area (Å²) in [5.41, 5.74) is 6.86. The fraction of sp³-hybridized carbons (Fsp3) is 0.500. The molecule has 4 N–H and O–H groups in total. The van der Waals surface area contributed by atoms with E-state index in [0.29, 0.717) is 23.5 Å². The SMILES string of the molecule is COc1ccc(C(=O)NCC2(CCO)CC2)cc1N. The van der Waals surface area contributed by atoms with E-state index >= 15 is 0 Å². The van der Waals surface area contributed by atoms with Gasteiger partial charge in [0, 0.05) is 18.7 Å². The summed E-state index contributed by atoms with van der Waals surface area (Å²) in [7, 11) is 1.54. The number of aliphatic hydroxyl groups excluding tert-OH is 1. The molecule has 0 spiro atoms. The lowest BCUT2D eigenvalue weighted by Crippen LogP contribution is -2.30. The summed E-state index contributed by atoms with van der Waals surface area (Å²) in [5.74, 6) is 0.425. The van der Waals surface area contributed by atoms with E-state index in [1.807, 2.05) is 0 Å². The minimum Gasteiger partial charge on any atom is -0.495 e. The Morgan fingerprint density at radius 2 is 2.26 bits per heavy atom. The van der Waals surface area contributed by atoms with Gasteiger partial charge in [-0.2, -0.15) is 0 Å². The van der Waals surface area contributed by atoms with Crippen molar-refractivity contribution in [3.8, 4) is 5.75 Å². The molecule has 1 amide bonds. The second-order valence-corrected chi connectivity index (χ2v) is 5.11. The van der Waals surface area contributed by atoms with Gasteiger partial charge in [-0.3, -0.25) is 4.79 Å². The lowest BCUT2D eigenvalue weighted by atomic mass is 10.0. The van der Waals surface area contributed by atoms with Gasteiger partial charge < -0.3 is 20.9 Å². The Morgan fingerprint density at radius 1 is 1.53 bits per heavy atom. The number of nitrogen functional groups attached to an aromatic ring is 1. The van der Waals surface area contributed by atoms with E-state index in [4.69, 9.17) is 15.6 Å². The normalized spacial score (nSPS) is 15.9. The molecule has 0 aliphatic heterocycles. The van der Waals surface area contributed by atoms with Crippen molar-refractivity contribution in [1.29, 1.82) is 0 Å². The van der Waals surface area contributed by atoms with Crippen LogP contribution in [0.3, 0.4) is 0 Å². The minimum absolute atomic E-state index is 0.114. The van der Waals surface area contributed by atoms with Crippen LogP contribution in [0.25, 0.3) is 0 Å². The number of benzene rings is 1.